The second kappa shape index (κ2) is 6.05. The molecule has 120 valence electrons. The van der Waals surface area contributed by atoms with Crippen molar-refractivity contribution in [2.75, 3.05) is 0 Å². The van der Waals surface area contributed by atoms with Gasteiger partial charge in [0.25, 0.3) is 0 Å². The van der Waals surface area contributed by atoms with E-state index >= 15 is 0 Å². The SMILES string of the molecule is Cc1nc(Cn2ccc(-c3cccc(-c4nccn4C)c3)n2)cs1. The van der Waals surface area contributed by atoms with Crippen LogP contribution in [0.4, 0.5) is 0 Å². The second-order valence-corrected chi connectivity index (χ2v) is 6.76. The molecule has 3 heterocycles. The van der Waals surface area contributed by atoms with Crippen LogP contribution in [0.5, 0.6) is 0 Å². The third-order valence-electron chi connectivity index (χ3n) is 3.87. The van der Waals surface area contributed by atoms with Gasteiger partial charge >= 0.3 is 0 Å². The average Bonchev–Trinajstić information content (AvgIpc) is 3.30. The molecule has 0 N–H and O–H groups in total. The van der Waals surface area contributed by atoms with Crippen molar-refractivity contribution in [2.24, 2.45) is 7.05 Å². The van der Waals surface area contributed by atoms with Gasteiger partial charge in [0, 0.05) is 42.1 Å². The largest absolute Gasteiger partial charge is 0.334 e. The van der Waals surface area contributed by atoms with Gasteiger partial charge in [-0.3, -0.25) is 4.68 Å². The zero-order valence-electron chi connectivity index (χ0n) is 13.5. The lowest BCUT2D eigenvalue weighted by Gasteiger charge is -2.04. The Kier molecular flexibility index (Phi) is 3.74. The molecule has 1 aromatic carbocycles. The van der Waals surface area contributed by atoms with Crippen LogP contribution in [0.15, 0.2) is 54.3 Å². The van der Waals surface area contributed by atoms with Crippen LogP contribution in [-0.4, -0.2) is 24.3 Å². The highest BCUT2D eigenvalue weighted by molar-refractivity contribution is 7.09. The maximum absolute atomic E-state index is 4.68. The molecule has 0 aliphatic carbocycles. The van der Waals surface area contributed by atoms with Crippen molar-refractivity contribution < 1.29 is 0 Å². The van der Waals surface area contributed by atoms with Gasteiger partial charge in [0.2, 0.25) is 0 Å². The number of hydrogen-bond acceptors (Lipinski definition) is 4. The van der Waals surface area contributed by atoms with Gasteiger partial charge in [-0.1, -0.05) is 18.2 Å². The van der Waals surface area contributed by atoms with Gasteiger partial charge in [-0.15, -0.1) is 11.3 Å². The lowest BCUT2D eigenvalue weighted by Crippen LogP contribution is -2.00. The Hall–Kier alpha value is -2.73. The smallest absolute Gasteiger partial charge is 0.139 e. The molecule has 0 fully saturated rings. The van der Waals surface area contributed by atoms with E-state index in [0.717, 1.165) is 33.3 Å². The van der Waals surface area contributed by atoms with E-state index in [1.165, 1.54) is 0 Å². The second-order valence-electron chi connectivity index (χ2n) is 5.70. The molecule has 0 unspecified atom stereocenters. The molecule has 0 atom stereocenters. The van der Waals surface area contributed by atoms with Gasteiger partial charge in [-0.2, -0.15) is 5.10 Å². The Morgan fingerprint density at radius 3 is 2.75 bits per heavy atom. The minimum Gasteiger partial charge on any atom is -0.334 e. The lowest BCUT2D eigenvalue weighted by atomic mass is 10.1. The Morgan fingerprint density at radius 1 is 1.12 bits per heavy atom. The zero-order chi connectivity index (χ0) is 16.5. The topological polar surface area (TPSA) is 48.5 Å². The highest BCUT2D eigenvalue weighted by atomic mass is 32.1. The quantitative estimate of drug-likeness (QED) is 0.570. The molecule has 0 saturated heterocycles. The van der Waals surface area contributed by atoms with Crippen LogP contribution in [0.25, 0.3) is 22.6 Å². The van der Waals surface area contributed by atoms with Crippen LogP contribution in [0, 0.1) is 6.92 Å². The van der Waals surface area contributed by atoms with Gasteiger partial charge in [-0.05, 0) is 19.1 Å². The molecule has 0 bridgehead atoms. The third kappa shape index (κ3) is 2.88. The Bertz CT molecular complexity index is 979. The summed E-state index contributed by atoms with van der Waals surface area (Å²) in [6.07, 6.45) is 5.76. The number of imidazole rings is 1. The van der Waals surface area contributed by atoms with Crippen LogP contribution >= 0.6 is 11.3 Å². The fourth-order valence-corrected chi connectivity index (χ4v) is 3.32. The minimum absolute atomic E-state index is 0.698. The van der Waals surface area contributed by atoms with Crippen molar-refractivity contribution in [1.82, 2.24) is 24.3 Å². The third-order valence-corrected chi connectivity index (χ3v) is 4.69. The summed E-state index contributed by atoms with van der Waals surface area (Å²) >= 11 is 1.67. The van der Waals surface area contributed by atoms with Gasteiger partial charge in [0.15, 0.2) is 0 Å². The summed E-state index contributed by atoms with van der Waals surface area (Å²) in [7, 11) is 2.00. The molecule has 0 amide bonds. The van der Waals surface area contributed by atoms with Crippen molar-refractivity contribution in [3.05, 3.63) is 65.0 Å². The standard InChI is InChI=1S/C18H17N5S/c1-13-20-16(12-24-13)11-23-8-6-17(21-23)14-4-3-5-15(10-14)18-19-7-9-22(18)2/h3-10,12H,11H2,1-2H3. The molecule has 3 aromatic heterocycles. The van der Waals surface area contributed by atoms with E-state index in [-0.39, 0.29) is 0 Å². The highest BCUT2D eigenvalue weighted by Crippen LogP contribution is 2.24. The molecule has 0 saturated carbocycles. The van der Waals surface area contributed by atoms with Crippen molar-refractivity contribution in [3.8, 4) is 22.6 Å². The summed E-state index contributed by atoms with van der Waals surface area (Å²) in [5, 5.41) is 7.85. The fraction of sp³-hybridized carbons (Fsp3) is 0.167. The molecule has 0 aliphatic rings. The van der Waals surface area contributed by atoms with E-state index in [9.17, 15) is 0 Å². The van der Waals surface area contributed by atoms with Crippen molar-refractivity contribution in [3.63, 3.8) is 0 Å². The molecule has 24 heavy (non-hydrogen) atoms. The molecular formula is C18H17N5S. The van der Waals surface area contributed by atoms with E-state index in [1.54, 1.807) is 11.3 Å². The number of rotatable bonds is 4. The Labute approximate surface area is 144 Å². The number of thiazole rings is 1. The summed E-state index contributed by atoms with van der Waals surface area (Å²) in [5.41, 5.74) is 4.18. The summed E-state index contributed by atoms with van der Waals surface area (Å²) in [4.78, 5) is 8.91. The van der Waals surface area contributed by atoms with Crippen LogP contribution in [-0.2, 0) is 13.6 Å². The van der Waals surface area contributed by atoms with E-state index in [4.69, 9.17) is 0 Å². The summed E-state index contributed by atoms with van der Waals surface area (Å²) in [5.74, 6) is 0.953. The molecule has 4 aromatic rings. The minimum atomic E-state index is 0.698. The summed E-state index contributed by atoms with van der Waals surface area (Å²) < 4.78 is 3.94. The lowest BCUT2D eigenvalue weighted by molar-refractivity contribution is 0.677. The molecule has 6 heteroatoms. The molecule has 4 rings (SSSR count). The van der Waals surface area contributed by atoms with Crippen LogP contribution in [0.3, 0.4) is 0 Å². The van der Waals surface area contributed by atoms with E-state index in [1.807, 2.05) is 53.9 Å². The van der Waals surface area contributed by atoms with E-state index < -0.39 is 0 Å². The number of aromatic nitrogens is 5. The van der Waals surface area contributed by atoms with Crippen molar-refractivity contribution in [1.29, 1.82) is 0 Å². The van der Waals surface area contributed by atoms with Crippen molar-refractivity contribution in [2.45, 2.75) is 13.5 Å². The van der Waals surface area contributed by atoms with Crippen LogP contribution < -0.4 is 0 Å². The first-order valence-electron chi connectivity index (χ1n) is 7.71. The molecule has 5 nitrogen and oxygen atoms in total. The summed E-state index contributed by atoms with van der Waals surface area (Å²) in [6, 6.07) is 10.4. The van der Waals surface area contributed by atoms with E-state index in [2.05, 4.69) is 38.6 Å². The maximum Gasteiger partial charge on any atom is 0.139 e. The first kappa shape index (κ1) is 14.8. The number of nitrogens with zero attached hydrogens (tertiary/aromatic N) is 5. The number of benzene rings is 1. The fourth-order valence-electron chi connectivity index (χ4n) is 2.71. The number of aryl methyl sites for hydroxylation is 2. The van der Waals surface area contributed by atoms with Crippen LogP contribution in [0.2, 0.25) is 0 Å². The van der Waals surface area contributed by atoms with Gasteiger partial charge in [0.1, 0.15) is 5.82 Å². The maximum atomic E-state index is 4.68. The monoisotopic (exact) mass is 335 g/mol. The van der Waals surface area contributed by atoms with E-state index in [0.29, 0.717) is 6.54 Å². The predicted molar refractivity (Wildman–Crippen MR) is 95.8 cm³/mol. The first-order chi connectivity index (χ1) is 11.7. The van der Waals surface area contributed by atoms with Gasteiger partial charge in [0.05, 0.1) is 22.9 Å². The average molecular weight is 335 g/mol. The molecule has 0 radical (unpaired) electrons. The van der Waals surface area contributed by atoms with Crippen molar-refractivity contribution >= 4 is 11.3 Å². The van der Waals surface area contributed by atoms with Gasteiger partial charge < -0.3 is 4.57 Å². The Balaban J connectivity index is 1.61. The highest BCUT2D eigenvalue weighted by Gasteiger charge is 2.08. The van der Waals surface area contributed by atoms with Crippen LogP contribution in [0.1, 0.15) is 10.7 Å². The molecule has 0 aliphatic heterocycles. The zero-order valence-corrected chi connectivity index (χ0v) is 14.4. The number of hydrogen-bond donors (Lipinski definition) is 0. The first-order valence-corrected chi connectivity index (χ1v) is 8.59. The molecule has 0 spiro atoms. The Morgan fingerprint density at radius 2 is 2.00 bits per heavy atom. The van der Waals surface area contributed by atoms with Gasteiger partial charge in [-0.25, -0.2) is 9.97 Å². The molecular weight excluding hydrogens is 318 g/mol. The normalized spacial score (nSPS) is 11.1. The predicted octanol–water partition coefficient (Wildman–Crippen LogP) is 3.76. The summed E-state index contributed by atoms with van der Waals surface area (Å²) in [6.45, 7) is 2.72.